The van der Waals surface area contributed by atoms with Gasteiger partial charge in [0.05, 0.1) is 13.2 Å². The van der Waals surface area contributed by atoms with Gasteiger partial charge in [-0.05, 0) is 6.07 Å². The van der Waals surface area contributed by atoms with Crippen LogP contribution in [0.15, 0.2) is 46.1 Å². The summed E-state index contributed by atoms with van der Waals surface area (Å²) in [6.07, 6.45) is -8.27. The number of aromatic amines is 1. The first-order valence-electron chi connectivity index (χ1n) is 8.99. The van der Waals surface area contributed by atoms with Crippen molar-refractivity contribution in [2.75, 3.05) is 6.61 Å². The summed E-state index contributed by atoms with van der Waals surface area (Å²) in [7, 11) is 0. The number of ether oxygens (including phenoxy) is 1. The summed E-state index contributed by atoms with van der Waals surface area (Å²) < 4.78 is 79.0. The van der Waals surface area contributed by atoms with Crippen LogP contribution in [0.4, 0.5) is 17.6 Å². The second-order valence-electron chi connectivity index (χ2n) is 6.98. The van der Waals surface area contributed by atoms with Crippen molar-refractivity contribution in [3.05, 3.63) is 62.9 Å². The van der Waals surface area contributed by atoms with Crippen LogP contribution in [0, 0.1) is 0 Å². The third-order valence-corrected chi connectivity index (χ3v) is 7.18. The number of fused-ring (bicyclic) bond motifs is 1. The number of benzene rings is 1. The fourth-order valence-corrected chi connectivity index (χ4v) is 5.06. The van der Waals surface area contributed by atoms with Gasteiger partial charge in [-0.15, -0.1) is 0 Å². The number of aliphatic hydroxyl groups excluding tert-OH is 1. The molecule has 1 saturated heterocycles. The Bertz CT molecular complexity index is 1190. The summed E-state index contributed by atoms with van der Waals surface area (Å²) in [5, 5.41) is 10.1. The summed E-state index contributed by atoms with van der Waals surface area (Å²) in [4.78, 5) is 24.9. The van der Waals surface area contributed by atoms with Crippen LogP contribution >= 0.6 is 6.72 Å². The Balaban J connectivity index is 1.63. The standard InChI is InChI=1S/C17H15F4N2O7PS/c18-14(19)16(8-28-31(32)27-7-9-3-1-2-4-10(9)30-31)17(20,21)12(25)13(29-16)23-6-5-11(24)22-15(23)26/h1-6,12-14,25H,7-8H2,(H,22,24,26)/t12-,13+,16-,31?/m0/s1. The van der Waals surface area contributed by atoms with Gasteiger partial charge in [0.1, 0.15) is 5.75 Å². The van der Waals surface area contributed by atoms with E-state index in [0.717, 1.165) is 12.3 Å². The molecule has 3 heterocycles. The lowest BCUT2D eigenvalue weighted by atomic mass is 9.95. The number of aliphatic hydroxyl groups is 1. The van der Waals surface area contributed by atoms with Gasteiger partial charge < -0.3 is 14.4 Å². The van der Waals surface area contributed by atoms with Gasteiger partial charge in [0.2, 0.25) is 5.60 Å². The first-order chi connectivity index (χ1) is 15.0. The molecule has 0 amide bonds. The molecule has 1 unspecified atom stereocenters. The predicted molar refractivity (Wildman–Crippen MR) is 103 cm³/mol. The van der Waals surface area contributed by atoms with Gasteiger partial charge in [-0.3, -0.25) is 23.4 Å². The SMILES string of the molecule is O=c1ccn([C@@H]2O[C@@](COP3(=S)OCc4ccccc4O3)(C(F)F)C(F)(F)[C@H]2O)c(=O)[nH]1. The van der Waals surface area contributed by atoms with Crippen LogP contribution in [0.3, 0.4) is 0 Å². The molecule has 0 saturated carbocycles. The van der Waals surface area contributed by atoms with Gasteiger partial charge in [0, 0.05) is 29.6 Å². The number of aromatic nitrogens is 2. The van der Waals surface area contributed by atoms with Gasteiger partial charge in [0.25, 0.3) is 12.0 Å². The maximum absolute atomic E-state index is 14.9. The molecule has 9 nitrogen and oxygen atoms in total. The van der Waals surface area contributed by atoms with Crippen molar-refractivity contribution >= 4 is 18.5 Å². The molecule has 2 N–H and O–H groups in total. The van der Waals surface area contributed by atoms with Crippen LogP contribution in [0.2, 0.25) is 0 Å². The summed E-state index contributed by atoms with van der Waals surface area (Å²) in [5.74, 6) is -4.34. The van der Waals surface area contributed by atoms with Crippen LogP contribution in [-0.2, 0) is 32.2 Å². The third kappa shape index (κ3) is 3.70. The largest absolute Gasteiger partial charge is 0.424 e. The van der Waals surface area contributed by atoms with E-state index in [1.165, 1.54) is 6.07 Å². The molecule has 174 valence electrons. The Morgan fingerprint density at radius 2 is 2.03 bits per heavy atom. The van der Waals surface area contributed by atoms with Crippen molar-refractivity contribution in [1.29, 1.82) is 0 Å². The zero-order valence-electron chi connectivity index (χ0n) is 15.8. The second-order valence-corrected chi connectivity index (χ2v) is 9.91. The van der Waals surface area contributed by atoms with Crippen molar-refractivity contribution in [3.8, 4) is 5.75 Å². The zero-order chi connectivity index (χ0) is 23.3. The maximum atomic E-state index is 14.9. The van der Waals surface area contributed by atoms with Crippen LogP contribution in [0.25, 0.3) is 0 Å². The van der Waals surface area contributed by atoms with Crippen LogP contribution < -0.4 is 15.8 Å². The molecule has 0 spiro atoms. The van der Waals surface area contributed by atoms with Crippen molar-refractivity contribution in [2.24, 2.45) is 0 Å². The minimum atomic E-state index is -4.59. The monoisotopic (exact) mass is 498 g/mol. The molecule has 2 aliphatic heterocycles. The van der Waals surface area contributed by atoms with E-state index >= 15 is 0 Å². The number of nitrogens with one attached hydrogen (secondary N) is 1. The number of para-hydroxylation sites is 1. The Hall–Kier alpha value is -2.09. The van der Waals surface area contributed by atoms with E-state index in [9.17, 15) is 32.3 Å². The molecule has 2 aliphatic rings. The quantitative estimate of drug-likeness (QED) is 0.475. The molecule has 2 aromatic rings. The van der Waals surface area contributed by atoms with E-state index in [4.69, 9.17) is 30.1 Å². The van der Waals surface area contributed by atoms with Crippen LogP contribution in [0.5, 0.6) is 5.75 Å². The topological polar surface area (TPSA) is 112 Å². The molecule has 1 aromatic heterocycles. The van der Waals surface area contributed by atoms with Gasteiger partial charge >= 0.3 is 18.3 Å². The third-order valence-electron chi connectivity index (χ3n) is 5.01. The summed E-state index contributed by atoms with van der Waals surface area (Å²) in [5.41, 5.74) is -5.21. The molecule has 32 heavy (non-hydrogen) atoms. The van der Waals surface area contributed by atoms with Gasteiger partial charge in [0.15, 0.2) is 12.3 Å². The number of rotatable bonds is 5. The number of H-pyrrole nitrogens is 1. The molecule has 4 rings (SSSR count). The highest BCUT2D eigenvalue weighted by molar-refractivity contribution is 8.07. The highest BCUT2D eigenvalue weighted by Crippen LogP contribution is 2.58. The Labute approximate surface area is 181 Å². The van der Waals surface area contributed by atoms with Crippen LogP contribution in [-0.4, -0.2) is 45.3 Å². The lowest BCUT2D eigenvalue weighted by Gasteiger charge is -2.35. The van der Waals surface area contributed by atoms with E-state index in [0.29, 0.717) is 10.1 Å². The average Bonchev–Trinajstić information content (AvgIpc) is 2.93. The van der Waals surface area contributed by atoms with E-state index in [-0.39, 0.29) is 12.4 Å². The van der Waals surface area contributed by atoms with Crippen molar-refractivity contribution in [1.82, 2.24) is 9.55 Å². The lowest BCUT2D eigenvalue weighted by Crippen LogP contribution is -2.57. The average molecular weight is 498 g/mol. The fraction of sp³-hybridized carbons (Fsp3) is 0.412. The van der Waals surface area contributed by atoms with Gasteiger partial charge in [-0.25, -0.2) is 13.6 Å². The summed E-state index contributed by atoms with van der Waals surface area (Å²) in [6, 6.07) is 7.27. The summed E-state index contributed by atoms with van der Waals surface area (Å²) >= 11 is 5.10. The number of hydrogen-bond donors (Lipinski definition) is 2. The number of hydrogen-bond acceptors (Lipinski definition) is 8. The van der Waals surface area contributed by atoms with Crippen molar-refractivity contribution < 1.29 is 41.0 Å². The smallest absolute Gasteiger partial charge is 0.381 e. The first kappa shape index (κ1) is 23.1. The van der Waals surface area contributed by atoms with E-state index in [1.54, 1.807) is 23.2 Å². The van der Waals surface area contributed by atoms with Crippen molar-refractivity contribution in [2.45, 2.75) is 36.9 Å². The molecule has 0 bridgehead atoms. The molecular weight excluding hydrogens is 483 g/mol. The number of nitrogens with zero attached hydrogens (tertiary/aromatic N) is 1. The molecular formula is C17H15F4N2O7PS. The van der Waals surface area contributed by atoms with E-state index < -0.39 is 54.9 Å². The molecule has 15 heteroatoms. The first-order valence-corrected chi connectivity index (χ1v) is 11.5. The molecule has 0 radical (unpaired) electrons. The highest BCUT2D eigenvalue weighted by atomic mass is 32.5. The zero-order valence-corrected chi connectivity index (χ0v) is 17.5. The predicted octanol–water partition coefficient (Wildman–Crippen LogP) is 1.92. The van der Waals surface area contributed by atoms with Crippen LogP contribution in [0.1, 0.15) is 11.8 Å². The van der Waals surface area contributed by atoms with E-state index in [1.807, 2.05) is 0 Å². The van der Waals surface area contributed by atoms with Gasteiger partial charge in [-0.1, -0.05) is 18.2 Å². The molecule has 1 aromatic carbocycles. The number of alkyl halides is 4. The maximum Gasteiger partial charge on any atom is 0.381 e. The molecule has 0 aliphatic carbocycles. The fourth-order valence-electron chi connectivity index (χ4n) is 3.26. The normalized spacial score (nSPS) is 31.3. The second kappa shape index (κ2) is 8.04. The van der Waals surface area contributed by atoms with E-state index in [2.05, 4.69) is 0 Å². The minimum Gasteiger partial charge on any atom is -0.424 e. The summed E-state index contributed by atoms with van der Waals surface area (Å²) in [6.45, 7) is -5.38. The Morgan fingerprint density at radius 3 is 2.72 bits per heavy atom. The lowest BCUT2D eigenvalue weighted by molar-refractivity contribution is -0.242. The Morgan fingerprint density at radius 1 is 1.31 bits per heavy atom. The molecule has 4 atom stereocenters. The minimum absolute atomic E-state index is 0.0929. The number of halogens is 4. The highest BCUT2D eigenvalue weighted by Gasteiger charge is 2.74. The Kier molecular flexibility index (Phi) is 5.80. The van der Waals surface area contributed by atoms with Crippen molar-refractivity contribution in [3.63, 3.8) is 0 Å². The van der Waals surface area contributed by atoms with Gasteiger partial charge in [-0.2, -0.15) is 8.78 Å². The molecule has 1 fully saturated rings.